The van der Waals surface area contributed by atoms with Crippen molar-refractivity contribution in [1.29, 1.82) is 0 Å². The van der Waals surface area contributed by atoms with Crippen LogP contribution < -0.4 is 10.6 Å². The summed E-state index contributed by atoms with van der Waals surface area (Å²) < 4.78 is 10.0. The summed E-state index contributed by atoms with van der Waals surface area (Å²) in [5.41, 5.74) is -0.0834. The van der Waals surface area contributed by atoms with Gasteiger partial charge < -0.3 is 20.1 Å². The summed E-state index contributed by atoms with van der Waals surface area (Å²) >= 11 is 0. The molecule has 7 nitrogen and oxygen atoms in total. The molecule has 27 heavy (non-hydrogen) atoms. The van der Waals surface area contributed by atoms with E-state index in [-0.39, 0.29) is 5.92 Å². The molecule has 0 spiro atoms. The zero-order valence-corrected chi connectivity index (χ0v) is 16.9. The second-order valence-corrected chi connectivity index (χ2v) is 7.70. The van der Waals surface area contributed by atoms with Gasteiger partial charge in [-0.3, -0.25) is 4.79 Å². The maximum Gasteiger partial charge on any atom is 0.408 e. The lowest BCUT2D eigenvalue weighted by molar-refractivity contribution is -0.145. The zero-order valence-electron chi connectivity index (χ0n) is 16.9. The lowest BCUT2D eigenvalue weighted by Crippen LogP contribution is -2.50. The molecule has 0 bridgehead atoms. The van der Waals surface area contributed by atoms with Crippen molar-refractivity contribution in [3.05, 3.63) is 35.9 Å². The van der Waals surface area contributed by atoms with Crippen LogP contribution in [0.1, 0.15) is 52.6 Å². The van der Waals surface area contributed by atoms with Gasteiger partial charge in [0.2, 0.25) is 5.91 Å². The summed E-state index contributed by atoms with van der Waals surface area (Å²) in [6, 6.07) is 6.99. The van der Waals surface area contributed by atoms with Crippen LogP contribution in [0.5, 0.6) is 0 Å². The van der Waals surface area contributed by atoms with E-state index < -0.39 is 35.7 Å². The maximum absolute atomic E-state index is 12.8. The van der Waals surface area contributed by atoms with Gasteiger partial charge in [-0.25, -0.2) is 9.59 Å². The number of alkyl carbamates (subject to hydrolysis) is 1. The Morgan fingerprint density at radius 3 is 2.11 bits per heavy atom. The van der Waals surface area contributed by atoms with Crippen LogP contribution in [0.3, 0.4) is 0 Å². The van der Waals surface area contributed by atoms with Crippen molar-refractivity contribution < 1.29 is 23.9 Å². The third-order valence-corrected chi connectivity index (χ3v) is 3.57. The maximum atomic E-state index is 12.8. The predicted octanol–water partition coefficient (Wildman–Crippen LogP) is 2.96. The van der Waals surface area contributed by atoms with E-state index in [1.807, 2.05) is 19.9 Å². The van der Waals surface area contributed by atoms with E-state index in [2.05, 4.69) is 10.6 Å². The molecule has 0 fully saturated rings. The first-order chi connectivity index (χ1) is 12.5. The minimum absolute atomic E-state index is 0.143. The summed E-state index contributed by atoms with van der Waals surface area (Å²) in [7, 11) is 1.26. The lowest BCUT2D eigenvalue weighted by Gasteiger charge is -2.25. The number of ether oxygens (including phenoxy) is 2. The highest BCUT2D eigenvalue weighted by molar-refractivity contribution is 5.90. The van der Waals surface area contributed by atoms with Gasteiger partial charge in [0.1, 0.15) is 11.6 Å². The van der Waals surface area contributed by atoms with Crippen molar-refractivity contribution in [3.8, 4) is 0 Å². The van der Waals surface area contributed by atoms with E-state index in [0.29, 0.717) is 12.0 Å². The summed E-state index contributed by atoms with van der Waals surface area (Å²) in [4.78, 5) is 37.0. The first-order valence-corrected chi connectivity index (χ1v) is 8.96. The van der Waals surface area contributed by atoms with E-state index in [1.165, 1.54) is 7.11 Å². The van der Waals surface area contributed by atoms with Gasteiger partial charge in [-0.1, -0.05) is 44.2 Å². The Hall–Kier alpha value is -2.57. The molecule has 150 valence electrons. The highest BCUT2D eigenvalue weighted by Crippen LogP contribution is 2.16. The van der Waals surface area contributed by atoms with Crippen LogP contribution in [0.2, 0.25) is 0 Å². The Bertz CT molecular complexity index is 638. The van der Waals surface area contributed by atoms with Crippen LogP contribution in [0, 0.1) is 5.92 Å². The molecule has 0 saturated heterocycles. The molecule has 2 N–H and O–H groups in total. The number of methoxy groups -OCH3 is 1. The Kier molecular flexibility index (Phi) is 8.28. The van der Waals surface area contributed by atoms with Crippen molar-refractivity contribution >= 4 is 18.0 Å². The molecule has 1 rings (SSSR count). The molecule has 7 heteroatoms. The van der Waals surface area contributed by atoms with Gasteiger partial charge in [0.15, 0.2) is 6.04 Å². The Labute approximate surface area is 160 Å². The van der Waals surface area contributed by atoms with Gasteiger partial charge in [-0.05, 0) is 38.7 Å². The number of hydrogen-bond acceptors (Lipinski definition) is 5. The summed E-state index contributed by atoms with van der Waals surface area (Å²) in [5, 5.41) is 5.27. The fourth-order valence-corrected chi connectivity index (χ4v) is 2.44. The highest BCUT2D eigenvalue weighted by atomic mass is 16.6. The van der Waals surface area contributed by atoms with Crippen molar-refractivity contribution in [2.45, 2.75) is 58.7 Å². The molecule has 0 unspecified atom stereocenters. The van der Waals surface area contributed by atoms with Crippen molar-refractivity contribution in [3.63, 3.8) is 0 Å². The zero-order chi connectivity index (χ0) is 20.6. The number of amides is 2. The number of nitrogens with one attached hydrogen (secondary N) is 2. The fraction of sp³-hybridized carbons (Fsp3) is 0.550. The van der Waals surface area contributed by atoms with E-state index in [1.54, 1.807) is 45.0 Å². The van der Waals surface area contributed by atoms with Crippen molar-refractivity contribution in [2.24, 2.45) is 5.92 Å². The average molecular weight is 378 g/mol. The first-order valence-electron chi connectivity index (χ1n) is 8.96. The predicted molar refractivity (Wildman–Crippen MR) is 102 cm³/mol. The van der Waals surface area contributed by atoms with Crippen LogP contribution in [-0.2, 0) is 19.1 Å². The molecule has 0 saturated carbocycles. The molecular weight excluding hydrogens is 348 g/mol. The summed E-state index contributed by atoms with van der Waals surface area (Å²) in [6.07, 6.45) is -0.286. The van der Waals surface area contributed by atoms with Gasteiger partial charge >= 0.3 is 12.1 Å². The van der Waals surface area contributed by atoms with E-state index in [4.69, 9.17) is 9.47 Å². The number of carbonyl (C=O) groups excluding carboxylic acids is 3. The normalized spacial score (nSPS) is 13.4. The van der Waals surface area contributed by atoms with E-state index in [0.717, 1.165) is 0 Å². The standard InChI is InChI=1S/C20H30N2O5/c1-13(2)12-15(21-19(25)27-20(3,4)5)17(23)22-16(18(24)26-6)14-10-8-7-9-11-14/h7-11,13,15-16H,12H2,1-6H3,(H,21,25)(H,22,23)/t15-,16-/m0/s1. The van der Waals surface area contributed by atoms with Gasteiger partial charge in [0.05, 0.1) is 7.11 Å². The SMILES string of the molecule is COC(=O)[C@@H](NC(=O)[C@H](CC(C)C)NC(=O)OC(C)(C)C)c1ccccc1. The van der Waals surface area contributed by atoms with Crippen molar-refractivity contribution in [1.82, 2.24) is 10.6 Å². The molecular formula is C20H30N2O5. The molecule has 0 aliphatic carbocycles. The molecule has 0 heterocycles. The molecule has 0 aliphatic rings. The van der Waals surface area contributed by atoms with Gasteiger partial charge in [0.25, 0.3) is 0 Å². The average Bonchev–Trinajstić information content (AvgIpc) is 2.56. The number of rotatable bonds is 7. The van der Waals surface area contributed by atoms with Crippen LogP contribution in [0.4, 0.5) is 4.79 Å². The number of carbonyl (C=O) groups is 3. The minimum atomic E-state index is -0.959. The second-order valence-electron chi connectivity index (χ2n) is 7.70. The van der Waals surface area contributed by atoms with E-state index in [9.17, 15) is 14.4 Å². The molecule has 0 aliphatic heterocycles. The number of hydrogen-bond donors (Lipinski definition) is 2. The highest BCUT2D eigenvalue weighted by Gasteiger charge is 2.30. The smallest absolute Gasteiger partial charge is 0.408 e. The fourth-order valence-electron chi connectivity index (χ4n) is 2.44. The summed E-state index contributed by atoms with van der Waals surface area (Å²) in [5.74, 6) is -0.923. The minimum Gasteiger partial charge on any atom is -0.467 e. The quantitative estimate of drug-likeness (QED) is 0.712. The van der Waals surface area contributed by atoms with Crippen molar-refractivity contribution in [2.75, 3.05) is 7.11 Å². The molecule has 2 atom stereocenters. The largest absolute Gasteiger partial charge is 0.467 e. The Morgan fingerprint density at radius 2 is 1.63 bits per heavy atom. The summed E-state index contributed by atoms with van der Waals surface area (Å²) in [6.45, 7) is 9.10. The molecule has 0 radical (unpaired) electrons. The lowest BCUT2D eigenvalue weighted by atomic mass is 10.0. The molecule has 1 aromatic rings. The van der Waals surface area contributed by atoms with Gasteiger partial charge in [-0.15, -0.1) is 0 Å². The third kappa shape index (κ3) is 8.11. The molecule has 2 amide bonds. The van der Waals surface area contributed by atoms with Gasteiger partial charge in [0, 0.05) is 0 Å². The van der Waals surface area contributed by atoms with Crippen LogP contribution in [0.25, 0.3) is 0 Å². The van der Waals surface area contributed by atoms with Crippen LogP contribution in [-0.4, -0.2) is 36.7 Å². The Balaban J connectivity index is 2.95. The number of esters is 1. The van der Waals surface area contributed by atoms with Gasteiger partial charge in [-0.2, -0.15) is 0 Å². The topological polar surface area (TPSA) is 93.7 Å². The Morgan fingerprint density at radius 1 is 1.04 bits per heavy atom. The third-order valence-electron chi connectivity index (χ3n) is 3.57. The molecule has 0 aromatic heterocycles. The monoisotopic (exact) mass is 378 g/mol. The first kappa shape index (κ1) is 22.5. The van der Waals surface area contributed by atoms with Crippen LogP contribution >= 0.6 is 0 Å². The second kappa shape index (κ2) is 9.94. The van der Waals surface area contributed by atoms with Crippen LogP contribution in [0.15, 0.2) is 30.3 Å². The number of benzene rings is 1. The van der Waals surface area contributed by atoms with E-state index >= 15 is 0 Å². The molecule has 1 aromatic carbocycles.